The van der Waals surface area contributed by atoms with Crippen LogP contribution in [0.25, 0.3) is 22.3 Å². The Bertz CT molecular complexity index is 1600. The molecule has 4 rings (SSSR count). The molecule has 2 aromatic carbocycles. The van der Waals surface area contributed by atoms with Gasteiger partial charge in [0, 0.05) is 47.3 Å². The van der Waals surface area contributed by atoms with E-state index < -0.39 is 0 Å². The molecular weight excluding hydrogens is 487 g/mol. The fourth-order valence-electron chi connectivity index (χ4n) is 4.17. The van der Waals surface area contributed by atoms with Gasteiger partial charge in [-0.05, 0) is 85.9 Å². The van der Waals surface area contributed by atoms with E-state index in [2.05, 4.69) is 46.2 Å². The van der Waals surface area contributed by atoms with Crippen molar-refractivity contribution in [1.29, 1.82) is 5.26 Å². The molecule has 4 aromatic rings. The maximum Gasteiger partial charge on any atom is 0.123 e. The van der Waals surface area contributed by atoms with Crippen molar-refractivity contribution in [1.82, 2.24) is 25.5 Å². The summed E-state index contributed by atoms with van der Waals surface area (Å²) < 4.78 is 15.7. The lowest BCUT2D eigenvalue weighted by Crippen LogP contribution is -2.31. The standard InChI is InChI=1S/C32H31FN6/c1-5-37-31(26-8-6-7-24(15-26)19-34)11-10-29(38-23(3)22(2)35-4)16-25-17-30(21-36-20-25)39-14-13-27-18-28(33)9-12-32(27)39/h5-15,17-18,20-22,35,37-38H,1,3,16H2,2,4H3/b29-10+,31-11-. The molecule has 1 unspecified atom stereocenters. The van der Waals surface area contributed by atoms with Crippen molar-refractivity contribution in [3.8, 4) is 11.8 Å². The number of likely N-dealkylation sites (N-methyl/N-ethyl adjacent to an activating group) is 1. The van der Waals surface area contributed by atoms with E-state index in [-0.39, 0.29) is 11.9 Å². The molecule has 0 aliphatic carbocycles. The Morgan fingerprint density at radius 1 is 1.15 bits per heavy atom. The van der Waals surface area contributed by atoms with Gasteiger partial charge in [-0.25, -0.2) is 4.39 Å². The van der Waals surface area contributed by atoms with Crippen LogP contribution in [0.1, 0.15) is 23.6 Å². The van der Waals surface area contributed by atoms with Crippen LogP contribution in [-0.4, -0.2) is 22.6 Å². The molecule has 39 heavy (non-hydrogen) atoms. The first-order valence-electron chi connectivity index (χ1n) is 12.5. The Labute approximate surface area is 228 Å². The second-order valence-electron chi connectivity index (χ2n) is 9.09. The third kappa shape index (κ3) is 6.69. The van der Waals surface area contributed by atoms with Crippen molar-refractivity contribution >= 4 is 16.6 Å². The van der Waals surface area contributed by atoms with Gasteiger partial charge in [0.1, 0.15) is 5.82 Å². The van der Waals surface area contributed by atoms with Crippen molar-refractivity contribution in [2.24, 2.45) is 0 Å². The van der Waals surface area contributed by atoms with Crippen LogP contribution in [0.3, 0.4) is 0 Å². The molecule has 3 N–H and O–H groups in total. The van der Waals surface area contributed by atoms with E-state index in [0.29, 0.717) is 12.0 Å². The molecule has 2 aromatic heterocycles. The molecule has 0 spiro atoms. The predicted octanol–water partition coefficient (Wildman–Crippen LogP) is 5.95. The topological polar surface area (TPSA) is 77.7 Å². The lowest BCUT2D eigenvalue weighted by molar-refractivity contribution is 0.629. The van der Waals surface area contributed by atoms with Crippen molar-refractivity contribution in [2.45, 2.75) is 19.4 Å². The first kappa shape index (κ1) is 27.1. The number of fused-ring (bicyclic) bond motifs is 1. The van der Waals surface area contributed by atoms with Gasteiger partial charge in [0.15, 0.2) is 0 Å². The van der Waals surface area contributed by atoms with Crippen LogP contribution in [0.5, 0.6) is 0 Å². The minimum atomic E-state index is -0.262. The number of hydrogen-bond acceptors (Lipinski definition) is 5. The molecule has 0 bridgehead atoms. The zero-order valence-electron chi connectivity index (χ0n) is 22.1. The van der Waals surface area contributed by atoms with Gasteiger partial charge < -0.3 is 20.5 Å². The Balaban J connectivity index is 1.69. The van der Waals surface area contributed by atoms with Crippen LogP contribution in [0.2, 0.25) is 0 Å². The average Bonchev–Trinajstić information content (AvgIpc) is 3.37. The van der Waals surface area contributed by atoms with Gasteiger partial charge in [0.25, 0.3) is 0 Å². The van der Waals surface area contributed by atoms with Gasteiger partial charge in [-0.3, -0.25) is 4.98 Å². The van der Waals surface area contributed by atoms with E-state index in [1.807, 2.05) is 67.3 Å². The summed E-state index contributed by atoms with van der Waals surface area (Å²) in [5.74, 6) is -0.262. The van der Waals surface area contributed by atoms with E-state index in [0.717, 1.165) is 44.8 Å². The monoisotopic (exact) mass is 518 g/mol. The van der Waals surface area contributed by atoms with Crippen LogP contribution in [0, 0.1) is 17.1 Å². The molecule has 1 atom stereocenters. The summed E-state index contributed by atoms with van der Waals surface area (Å²) in [5.41, 5.74) is 6.74. The van der Waals surface area contributed by atoms with Crippen molar-refractivity contribution in [2.75, 3.05) is 7.05 Å². The summed E-state index contributed by atoms with van der Waals surface area (Å²) in [6.45, 7) is 10.0. The van der Waals surface area contributed by atoms with Gasteiger partial charge in [-0.1, -0.05) is 25.3 Å². The smallest absolute Gasteiger partial charge is 0.123 e. The lowest BCUT2D eigenvalue weighted by Gasteiger charge is -2.19. The fraction of sp³-hybridized carbons (Fsp3) is 0.125. The van der Waals surface area contributed by atoms with Crippen molar-refractivity contribution in [3.05, 3.63) is 139 Å². The number of rotatable bonds is 11. The van der Waals surface area contributed by atoms with Gasteiger partial charge in [-0.2, -0.15) is 5.26 Å². The average molecular weight is 519 g/mol. The molecule has 196 valence electrons. The molecule has 7 heteroatoms. The summed E-state index contributed by atoms with van der Waals surface area (Å²) in [5, 5.41) is 20.0. The lowest BCUT2D eigenvalue weighted by atomic mass is 10.1. The SMILES string of the molecule is C=CN/C(=C\C=C(/Cc1cncc(-n2ccc3cc(F)ccc32)c1)NC(=C)C(C)NC)c1cccc(C#N)c1. The number of nitrogens with zero attached hydrogens (tertiary/aromatic N) is 3. The molecule has 0 saturated carbocycles. The maximum atomic E-state index is 13.7. The predicted molar refractivity (Wildman–Crippen MR) is 156 cm³/mol. The van der Waals surface area contributed by atoms with E-state index >= 15 is 0 Å². The van der Waals surface area contributed by atoms with Crippen LogP contribution in [0.4, 0.5) is 4.39 Å². The highest BCUT2D eigenvalue weighted by Crippen LogP contribution is 2.22. The first-order valence-corrected chi connectivity index (χ1v) is 12.5. The number of pyridine rings is 1. The minimum absolute atomic E-state index is 0.0477. The summed E-state index contributed by atoms with van der Waals surface area (Å²) >= 11 is 0. The largest absolute Gasteiger partial charge is 0.362 e. The van der Waals surface area contributed by atoms with Crippen LogP contribution in [-0.2, 0) is 6.42 Å². The number of benzene rings is 2. The zero-order valence-corrected chi connectivity index (χ0v) is 22.1. The van der Waals surface area contributed by atoms with Crippen LogP contribution >= 0.6 is 0 Å². The van der Waals surface area contributed by atoms with E-state index in [1.165, 1.54) is 12.1 Å². The Hall–Kier alpha value is -4.93. The van der Waals surface area contributed by atoms with Gasteiger partial charge in [0.05, 0.1) is 29.0 Å². The summed E-state index contributed by atoms with van der Waals surface area (Å²) in [6.07, 6.45) is 11.6. The summed E-state index contributed by atoms with van der Waals surface area (Å²) in [7, 11) is 1.88. The van der Waals surface area contributed by atoms with E-state index in [9.17, 15) is 9.65 Å². The third-order valence-electron chi connectivity index (χ3n) is 6.39. The Kier molecular flexibility index (Phi) is 8.72. The molecule has 0 aliphatic heterocycles. The van der Waals surface area contributed by atoms with Crippen LogP contribution in [0.15, 0.2) is 116 Å². The summed E-state index contributed by atoms with van der Waals surface area (Å²) in [4.78, 5) is 4.48. The second-order valence-corrected chi connectivity index (χ2v) is 9.09. The summed E-state index contributed by atoms with van der Waals surface area (Å²) in [6, 6.07) is 18.3. The molecule has 2 heterocycles. The molecule has 0 aliphatic rings. The quantitative estimate of drug-likeness (QED) is 0.214. The molecule has 6 nitrogen and oxygen atoms in total. The van der Waals surface area contributed by atoms with Gasteiger partial charge in [0.2, 0.25) is 0 Å². The molecule has 0 amide bonds. The number of aromatic nitrogens is 2. The van der Waals surface area contributed by atoms with Crippen molar-refractivity contribution < 1.29 is 4.39 Å². The first-order chi connectivity index (χ1) is 18.9. The van der Waals surface area contributed by atoms with Crippen LogP contribution < -0.4 is 16.0 Å². The fourth-order valence-corrected chi connectivity index (χ4v) is 4.17. The normalized spacial score (nSPS) is 12.6. The number of hydrogen-bond donors (Lipinski definition) is 3. The second kappa shape index (κ2) is 12.5. The highest BCUT2D eigenvalue weighted by atomic mass is 19.1. The number of nitrogens with one attached hydrogen (secondary N) is 3. The third-order valence-corrected chi connectivity index (χ3v) is 6.39. The molecule has 0 radical (unpaired) electrons. The number of allylic oxidation sites excluding steroid dienone is 3. The Morgan fingerprint density at radius 3 is 2.77 bits per heavy atom. The highest BCUT2D eigenvalue weighted by molar-refractivity contribution is 5.82. The molecule has 0 saturated heterocycles. The molecular formula is C32H31FN6. The minimum Gasteiger partial charge on any atom is -0.362 e. The number of nitriles is 1. The molecule has 0 fully saturated rings. The van der Waals surface area contributed by atoms with E-state index in [1.54, 1.807) is 24.5 Å². The highest BCUT2D eigenvalue weighted by Gasteiger charge is 2.10. The van der Waals surface area contributed by atoms with E-state index in [4.69, 9.17) is 0 Å². The van der Waals surface area contributed by atoms with Gasteiger partial charge in [-0.15, -0.1) is 0 Å². The van der Waals surface area contributed by atoms with Crippen molar-refractivity contribution in [3.63, 3.8) is 0 Å². The zero-order chi connectivity index (χ0) is 27.8. The van der Waals surface area contributed by atoms with Gasteiger partial charge >= 0.3 is 0 Å². The maximum absolute atomic E-state index is 13.7. The Morgan fingerprint density at radius 2 is 2.00 bits per heavy atom. The number of halogens is 1.